The zero-order chi connectivity index (χ0) is 11.9. The van der Waals surface area contributed by atoms with Crippen LogP contribution >= 0.6 is 11.6 Å². The van der Waals surface area contributed by atoms with E-state index in [0.717, 1.165) is 13.1 Å². The molecule has 90 valence electrons. The number of alkyl halides is 1. The first-order valence-electron chi connectivity index (χ1n) is 6.15. The average molecular weight is 250 g/mol. The van der Waals surface area contributed by atoms with Crippen molar-refractivity contribution in [2.75, 3.05) is 19.0 Å². The van der Waals surface area contributed by atoms with Crippen LogP contribution in [-0.4, -0.2) is 29.8 Å². The van der Waals surface area contributed by atoms with Gasteiger partial charge in [0.1, 0.15) is 5.88 Å². The van der Waals surface area contributed by atoms with Gasteiger partial charge in [0, 0.05) is 24.4 Å². The lowest BCUT2D eigenvalue weighted by molar-refractivity contribution is -0.135. The van der Waals surface area contributed by atoms with Gasteiger partial charge in [0.15, 0.2) is 0 Å². The molecule has 17 heavy (non-hydrogen) atoms. The largest absolute Gasteiger partial charge is 0.341 e. The van der Waals surface area contributed by atoms with E-state index in [-0.39, 0.29) is 11.8 Å². The van der Waals surface area contributed by atoms with Crippen molar-refractivity contribution in [3.63, 3.8) is 0 Å². The monoisotopic (exact) mass is 249 g/mol. The molecule has 0 unspecified atom stereocenters. The molecule has 1 amide bonds. The van der Waals surface area contributed by atoms with Gasteiger partial charge in [-0.1, -0.05) is 30.3 Å². The Kier molecular flexibility index (Phi) is 2.62. The topological polar surface area (TPSA) is 20.3 Å². The third-order valence-corrected chi connectivity index (χ3v) is 4.50. The van der Waals surface area contributed by atoms with Crippen LogP contribution in [0.1, 0.15) is 18.4 Å². The number of carbonyl (C=O) groups is 1. The van der Waals surface area contributed by atoms with Crippen molar-refractivity contribution >= 4 is 17.5 Å². The molecule has 0 radical (unpaired) electrons. The normalized spacial score (nSPS) is 22.1. The maximum atomic E-state index is 11.4. The Balaban J connectivity index is 1.69. The highest BCUT2D eigenvalue weighted by atomic mass is 35.5. The Hall–Kier alpha value is -1.02. The van der Waals surface area contributed by atoms with Crippen molar-refractivity contribution in [2.45, 2.75) is 18.3 Å². The van der Waals surface area contributed by atoms with Crippen LogP contribution in [0.15, 0.2) is 30.3 Å². The Morgan fingerprint density at radius 3 is 2.47 bits per heavy atom. The molecule has 0 spiro atoms. The minimum Gasteiger partial charge on any atom is -0.341 e. The van der Waals surface area contributed by atoms with Crippen molar-refractivity contribution in [3.8, 4) is 0 Å². The number of nitrogens with zero attached hydrogens (tertiary/aromatic N) is 1. The first-order chi connectivity index (χ1) is 8.26. The molecule has 0 N–H and O–H groups in total. The van der Waals surface area contributed by atoms with Crippen molar-refractivity contribution in [1.29, 1.82) is 0 Å². The summed E-state index contributed by atoms with van der Waals surface area (Å²) in [5.74, 6) is 0.828. The average Bonchev–Trinajstić information content (AvgIpc) is 3.09. The molecule has 1 saturated heterocycles. The van der Waals surface area contributed by atoms with Gasteiger partial charge in [-0.25, -0.2) is 0 Å². The number of amides is 1. The van der Waals surface area contributed by atoms with Gasteiger partial charge in [0.25, 0.3) is 0 Å². The summed E-state index contributed by atoms with van der Waals surface area (Å²) in [7, 11) is 0. The second-order valence-corrected chi connectivity index (χ2v) is 5.42. The zero-order valence-corrected chi connectivity index (χ0v) is 10.5. The van der Waals surface area contributed by atoms with E-state index in [1.165, 1.54) is 18.4 Å². The van der Waals surface area contributed by atoms with Crippen LogP contribution in [0, 0.1) is 5.92 Å². The number of benzene rings is 1. The van der Waals surface area contributed by atoms with E-state index in [1.807, 2.05) is 4.90 Å². The summed E-state index contributed by atoms with van der Waals surface area (Å²) in [6.07, 6.45) is 2.54. The minimum absolute atomic E-state index is 0.0757. The van der Waals surface area contributed by atoms with Crippen LogP contribution in [0.2, 0.25) is 0 Å². The molecule has 1 heterocycles. The number of halogens is 1. The van der Waals surface area contributed by atoms with Crippen LogP contribution in [0.5, 0.6) is 0 Å². The van der Waals surface area contributed by atoms with E-state index < -0.39 is 0 Å². The molecule has 1 aliphatic carbocycles. The predicted molar refractivity (Wildman–Crippen MR) is 68.1 cm³/mol. The number of hydrogen-bond donors (Lipinski definition) is 0. The highest BCUT2D eigenvalue weighted by Gasteiger charge is 2.54. The summed E-state index contributed by atoms with van der Waals surface area (Å²) < 4.78 is 0. The molecule has 2 fully saturated rings. The maximum absolute atomic E-state index is 11.4. The summed E-state index contributed by atoms with van der Waals surface area (Å²) in [5, 5.41) is 0. The van der Waals surface area contributed by atoms with Gasteiger partial charge in [0.05, 0.1) is 0 Å². The standard InChI is InChI=1S/C14H16ClNO/c15-8-13(17)16-9-12(10-16)14(6-7-14)11-4-2-1-3-5-11/h1-5,12H,6-10H2. The van der Waals surface area contributed by atoms with Gasteiger partial charge < -0.3 is 4.90 Å². The molecule has 0 atom stereocenters. The summed E-state index contributed by atoms with van der Waals surface area (Å²) >= 11 is 5.56. The fraction of sp³-hybridized carbons (Fsp3) is 0.500. The molecule has 1 aliphatic heterocycles. The highest BCUT2D eigenvalue weighted by molar-refractivity contribution is 6.27. The fourth-order valence-electron chi connectivity index (χ4n) is 2.95. The third-order valence-electron chi connectivity index (χ3n) is 4.27. The van der Waals surface area contributed by atoms with Crippen molar-refractivity contribution in [3.05, 3.63) is 35.9 Å². The second-order valence-electron chi connectivity index (χ2n) is 5.15. The Morgan fingerprint density at radius 1 is 1.29 bits per heavy atom. The molecular formula is C14H16ClNO. The van der Waals surface area contributed by atoms with Gasteiger partial charge in [-0.2, -0.15) is 0 Å². The molecule has 1 aromatic carbocycles. The minimum atomic E-state index is 0.0757. The number of likely N-dealkylation sites (tertiary alicyclic amines) is 1. The SMILES string of the molecule is O=C(CCl)N1CC(C2(c3ccccc3)CC2)C1. The van der Waals surface area contributed by atoms with E-state index in [0.29, 0.717) is 11.3 Å². The van der Waals surface area contributed by atoms with E-state index in [2.05, 4.69) is 30.3 Å². The number of hydrogen-bond acceptors (Lipinski definition) is 1. The smallest absolute Gasteiger partial charge is 0.237 e. The molecule has 1 saturated carbocycles. The van der Waals surface area contributed by atoms with Gasteiger partial charge in [0.2, 0.25) is 5.91 Å². The van der Waals surface area contributed by atoms with Crippen LogP contribution in [-0.2, 0) is 10.2 Å². The molecule has 3 heteroatoms. The van der Waals surface area contributed by atoms with E-state index in [4.69, 9.17) is 11.6 Å². The summed E-state index contributed by atoms with van der Waals surface area (Å²) in [4.78, 5) is 13.3. The summed E-state index contributed by atoms with van der Waals surface area (Å²) in [6, 6.07) is 10.7. The fourth-order valence-corrected chi connectivity index (χ4v) is 3.12. The van der Waals surface area contributed by atoms with Crippen LogP contribution < -0.4 is 0 Å². The van der Waals surface area contributed by atoms with Crippen LogP contribution in [0.25, 0.3) is 0 Å². The maximum Gasteiger partial charge on any atom is 0.237 e. The molecule has 2 aliphatic rings. The predicted octanol–water partition coefficient (Wildman–Crippen LogP) is 2.42. The van der Waals surface area contributed by atoms with E-state index in [1.54, 1.807) is 0 Å². The Bertz CT molecular complexity index is 421. The van der Waals surface area contributed by atoms with E-state index >= 15 is 0 Å². The molecule has 3 rings (SSSR count). The first-order valence-corrected chi connectivity index (χ1v) is 6.69. The summed E-state index contributed by atoms with van der Waals surface area (Å²) in [5.41, 5.74) is 1.81. The lowest BCUT2D eigenvalue weighted by Gasteiger charge is -2.44. The van der Waals surface area contributed by atoms with Crippen molar-refractivity contribution < 1.29 is 4.79 Å². The molecule has 0 bridgehead atoms. The lowest BCUT2D eigenvalue weighted by Crippen LogP contribution is -2.54. The first kappa shape index (κ1) is 11.1. The Labute approximate surface area is 107 Å². The lowest BCUT2D eigenvalue weighted by atomic mass is 9.78. The third kappa shape index (κ3) is 1.75. The molecular weight excluding hydrogens is 234 g/mol. The van der Waals surface area contributed by atoms with Crippen LogP contribution in [0.4, 0.5) is 0 Å². The number of rotatable bonds is 3. The number of carbonyl (C=O) groups excluding carboxylic acids is 1. The van der Waals surface area contributed by atoms with Gasteiger partial charge >= 0.3 is 0 Å². The Morgan fingerprint density at radius 2 is 1.94 bits per heavy atom. The molecule has 1 aromatic rings. The van der Waals surface area contributed by atoms with Gasteiger partial charge in [-0.3, -0.25) is 4.79 Å². The highest BCUT2D eigenvalue weighted by Crippen LogP contribution is 2.56. The van der Waals surface area contributed by atoms with Gasteiger partial charge in [-0.15, -0.1) is 11.6 Å². The second kappa shape index (κ2) is 4.02. The van der Waals surface area contributed by atoms with Crippen molar-refractivity contribution in [1.82, 2.24) is 4.90 Å². The quantitative estimate of drug-likeness (QED) is 0.754. The van der Waals surface area contributed by atoms with Crippen molar-refractivity contribution in [2.24, 2.45) is 5.92 Å². The molecule has 0 aromatic heterocycles. The molecule has 2 nitrogen and oxygen atoms in total. The zero-order valence-electron chi connectivity index (χ0n) is 9.73. The van der Waals surface area contributed by atoms with Crippen LogP contribution in [0.3, 0.4) is 0 Å². The summed E-state index contributed by atoms with van der Waals surface area (Å²) in [6.45, 7) is 1.78. The van der Waals surface area contributed by atoms with Gasteiger partial charge in [-0.05, 0) is 18.4 Å². The van der Waals surface area contributed by atoms with E-state index in [9.17, 15) is 4.79 Å².